The second kappa shape index (κ2) is 6.43. The van der Waals surface area contributed by atoms with Crippen LogP contribution < -0.4 is 14.8 Å². The number of carbonyl (C=O) groups is 1. The van der Waals surface area contributed by atoms with Crippen LogP contribution in [0.3, 0.4) is 0 Å². The molecule has 2 aromatic rings. The van der Waals surface area contributed by atoms with E-state index in [1.807, 2.05) is 24.3 Å². The van der Waals surface area contributed by atoms with Gasteiger partial charge in [-0.05, 0) is 30.3 Å². The zero-order valence-corrected chi connectivity index (χ0v) is 12.5. The molecule has 4 nitrogen and oxygen atoms in total. The maximum atomic E-state index is 12.3. The van der Waals surface area contributed by atoms with Gasteiger partial charge in [0, 0.05) is 17.5 Å². The number of fused-ring (bicyclic) bond motifs is 1. The van der Waals surface area contributed by atoms with E-state index in [2.05, 4.69) is 10.1 Å². The standard InChI is InChI=1S/C17H14F3NO3/c18-17(19,20)24-12-7-5-11(6-8-12)16(22)21-14-9-10-23-15-4-2-1-3-13(14)15/h1-8,14H,9-10H2,(H,21,22)/t14-/m0/s1. The van der Waals surface area contributed by atoms with Gasteiger partial charge in [-0.3, -0.25) is 4.79 Å². The number of nitrogens with one attached hydrogen (secondary N) is 1. The molecule has 1 atom stereocenters. The summed E-state index contributed by atoms with van der Waals surface area (Å²) in [6, 6.07) is 12.0. The predicted octanol–water partition coefficient (Wildman–Crippen LogP) is 3.84. The Labute approximate surface area is 136 Å². The molecule has 1 aliphatic heterocycles. The van der Waals surface area contributed by atoms with Crippen molar-refractivity contribution >= 4 is 5.91 Å². The molecule has 0 radical (unpaired) electrons. The maximum absolute atomic E-state index is 12.3. The van der Waals surface area contributed by atoms with Gasteiger partial charge in [0.2, 0.25) is 0 Å². The molecule has 24 heavy (non-hydrogen) atoms. The number of ether oxygens (including phenoxy) is 2. The lowest BCUT2D eigenvalue weighted by molar-refractivity contribution is -0.274. The van der Waals surface area contributed by atoms with Gasteiger partial charge in [-0.1, -0.05) is 18.2 Å². The molecule has 0 unspecified atom stereocenters. The van der Waals surface area contributed by atoms with Crippen LogP contribution in [0.2, 0.25) is 0 Å². The van der Waals surface area contributed by atoms with E-state index >= 15 is 0 Å². The largest absolute Gasteiger partial charge is 0.573 e. The first-order valence-corrected chi connectivity index (χ1v) is 7.31. The fourth-order valence-corrected chi connectivity index (χ4v) is 2.54. The fraction of sp³-hybridized carbons (Fsp3) is 0.235. The van der Waals surface area contributed by atoms with Crippen LogP contribution in [0.25, 0.3) is 0 Å². The minimum atomic E-state index is -4.75. The first-order chi connectivity index (χ1) is 11.4. The van der Waals surface area contributed by atoms with Gasteiger partial charge in [-0.2, -0.15) is 0 Å². The lowest BCUT2D eigenvalue weighted by Gasteiger charge is -2.26. The fourth-order valence-electron chi connectivity index (χ4n) is 2.54. The molecule has 3 rings (SSSR count). The Morgan fingerprint density at radius 3 is 2.54 bits per heavy atom. The number of amides is 1. The zero-order valence-electron chi connectivity index (χ0n) is 12.5. The van der Waals surface area contributed by atoms with Crippen LogP contribution in [0.4, 0.5) is 13.2 Å². The molecule has 126 valence electrons. The van der Waals surface area contributed by atoms with Crippen LogP contribution in [0, 0.1) is 0 Å². The summed E-state index contributed by atoms with van der Waals surface area (Å²) in [7, 11) is 0. The Morgan fingerprint density at radius 2 is 1.83 bits per heavy atom. The number of halogens is 3. The van der Waals surface area contributed by atoms with Crippen LogP contribution in [-0.2, 0) is 0 Å². The van der Waals surface area contributed by atoms with E-state index in [0.717, 1.165) is 23.4 Å². The first kappa shape index (κ1) is 16.2. The Morgan fingerprint density at radius 1 is 1.12 bits per heavy atom. The monoisotopic (exact) mass is 337 g/mol. The second-order valence-corrected chi connectivity index (χ2v) is 5.27. The smallest absolute Gasteiger partial charge is 0.493 e. The van der Waals surface area contributed by atoms with E-state index in [0.29, 0.717) is 13.0 Å². The molecular formula is C17H14F3NO3. The van der Waals surface area contributed by atoms with E-state index < -0.39 is 6.36 Å². The number of hydrogen-bond donors (Lipinski definition) is 1. The molecule has 0 bridgehead atoms. The first-order valence-electron chi connectivity index (χ1n) is 7.31. The minimum Gasteiger partial charge on any atom is -0.493 e. The van der Waals surface area contributed by atoms with E-state index in [4.69, 9.17) is 4.74 Å². The van der Waals surface area contributed by atoms with Crippen LogP contribution in [0.5, 0.6) is 11.5 Å². The van der Waals surface area contributed by atoms with Crippen molar-refractivity contribution in [2.75, 3.05) is 6.61 Å². The summed E-state index contributed by atoms with van der Waals surface area (Å²) in [5.41, 5.74) is 1.14. The Kier molecular flexibility index (Phi) is 4.33. The van der Waals surface area contributed by atoms with E-state index in [9.17, 15) is 18.0 Å². The Hall–Kier alpha value is -2.70. The van der Waals surface area contributed by atoms with Crippen molar-refractivity contribution < 1.29 is 27.4 Å². The van der Waals surface area contributed by atoms with E-state index in [1.165, 1.54) is 12.1 Å². The van der Waals surface area contributed by atoms with Gasteiger partial charge in [0.05, 0.1) is 12.6 Å². The normalized spacial score (nSPS) is 16.7. The lowest BCUT2D eigenvalue weighted by Crippen LogP contribution is -2.32. The predicted molar refractivity (Wildman–Crippen MR) is 79.9 cm³/mol. The van der Waals surface area contributed by atoms with Crippen molar-refractivity contribution in [3.05, 3.63) is 59.7 Å². The number of rotatable bonds is 3. The third-order valence-corrected chi connectivity index (χ3v) is 3.61. The molecule has 1 amide bonds. The number of carbonyl (C=O) groups excluding carboxylic acids is 1. The van der Waals surface area contributed by atoms with Gasteiger partial charge in [0.15, 0.2) is 0 Å². The average Bonchev–Trinajstić information content (AvgIpc) is 2.54. The van der Waals surface area contributed by atoms with Gasteiger partial charge in [-0.25, -0.2) is 0 Å². The SMILES string of the molecule is O=C(N[C@H]1CCOc2ccccc21)c1ccc(OC(F)(F)F)cc1. The summed E-state index contributed by atoms with van der Waals surface area (Å²) >= 11 is 0. The minimum absolute atomic E-state index is 0.200. The van der Waals surface area contributed by atoms with Crippen molar-refractivity contribution in [3.63, 3.8) is 0 Å². The molecule has 7 heteroatoms. The van der Waals surface area contributed by atoms with Gasteiger partial charge in [0.25, 0.3) is 5.91 Å². The molecule has 0 fully saturated rings. The highest BCUT2D eigenvalue weighted by molar-refractivity contribution is 5.94. The maximum Gasteiger partial charge on any atom is 0.573 e. The quantitative estimate of drug-likeness (QED) is 0.926. The highest BCUT2D eigenvalue weighted by Gasteiger charge is 2.31. The lowest BCUT2D eigenvalue weighted by atomic mass is 10.00. The number of para-hydroxylation sites is 1. The molecular weight excluding hydrogens is 323 g/mol. The molecule has 0 aromatic heterocycles. The topological polar surface area (TPSA) is 47.6 Å². The number of benzene rings is 2. The van der Waals surface area contributed by atoms with E-state index in [-0.39, 0.29) is 23.3 Å². The second-order valence-electron chi connectivity index (χ2n) is 5.27. The summed E-state index contributed by atoms with van der Waals surface area (Å²) in [6.45, 7) is 0.486. The van der Waals surface area contributed by atoms with Crippen molar-refractivity contribution in [1.82, 2.24) is 5.32 Å². The third-order valence-electron chi connectivity index (χ3n) is 3.61. The van der Waals surface area contributed by atoms with Gasteiger partial charge >= 0.3 is 6.36 Å². The van der Waals surface area contributed by atoms with Crippen molar-refractivity contribution in [1.29, 1.82) is 0 Å². The van der Waals surface area contributed by atoms with Crippen LogP contribution >= 0.6 is 0 Å². The molecule has 2 aromatic carbocycles. The van der Waals surface area contributed by atoms with Gasteiger partial charge < -0.3 is 14.8 Å². The molecule has 1 heterocycles. The average molecular weight is 337 g/mol. The summed E-state index contributed by atoms with van der Waals surface area (Å²) in [6.07, 6.45) is -4.13. The van der Waals surface area contributed by atoms with Crippen molar-refractivity contribution in [2.45, 2.75) is 18.8 Å². The summed E-state index contributed by atoms with van der Waals surface area (Å²) in [4.78, 5) is 12.3. The molecule has 1 N–H and O–H groups in total. The highest BCUT2D eigenvalue weighted by Crippen LogP contribution is 2.31. The molecule has 0 spiro atoms. The van der Waals surface area contributed by atoms with E-state index in [1.54, 1.807) is 0 Å². The molecule has 0 aliphatic carbocycles. The van der Waals surface area contributed by atoms with Crippen LogP contribution in [-0.4, -0.2) is 18.9 Å². The third kappa shape index (κ3) is 3.79. The van der Waals surface area contributed by atoms with Gasteiger partial charge in [0.1, 0.15) is 11.5 Å². The van der Waals surface area contributed by atoms with Crippen molar-refractivity contribution in [3.8, 4) is 11.5 Å². The van der Waals surface area contributed by atoms with Crippen LogP contribution in [0.15, 0.2) is 48.5 Å². The van der Waals surface area contributed by atoms with Gasteiger partial charge in [-0.15, -0.1) is 13.2 Å². The molecule has 1 aliphatic rings. The summed E-state index contributed by atoms with van der Waals surface area (Å²) in [5, 5.41) is 2.88. The Balaban J connectivity index is 1.70. The highest BCUT2D eigenvalue weighted by atomic mass is 19.4. The van der Waals surface area contributed by atoms with Crippen molar-refractivity contribution in [2.24, 2.45) is 0 Å². The molecule has 0 saturated carbocycles. The summed E-state index contributed by atoms with van der Waals surface area (Å²) < 4.78 is 45.7. The number of alkyl halides is 3. The number of hydrogen-bond acceptors (Lipinski definition) is 3. The zero-order chi connectivity index (χ0) is 17.2. The molecule has 0 saturated heterocycles. The van der Waals surface area contributed by atoms with Crippen LogP contribution in [0.1, 0.15) is 28.4 Å². The Bertz CT molecular complexity index is 729. The summed E-state index contributed by atoms with van der Waals surface area (Å²) in [5.74, 6) is -0.00583.